The molecule has 2 rings (SSSR count). The number of halogens is 1. The molecular weight excluding hydrogens is 336 g/mol. The fourth-order valence-electron chi connectivity index (χ4n) is 1.79. The molecule has 2 aromatic carbocycles. The number of nitrogens with one attached hydrogen (secondary N) is 1. The van der Waals surface area contributed by atoms with E-state index in [1.807, 2.05) is 12.1 Å². The Bertz CT molecular complexity index is 747. The Hall–Kier alpha value is -2.31. The second-order valence-electron chi connectivity index (χ2n) is 4.49. The molecule has 0 radical (unpaired) electrons. The van der Waals surface area contributed by atoms with Gasteiger partial charge in [-0.05, 0) is 30.3 Å². The Balaban J connectivity index is 2.36. The van der Waals surface area contributed by atoms with Crippen molar-refractivity contribution in [2.24, 2.45) is 0 Å². The first kappa shape index (κ1) is 17.1. The molecule has 0 spiro atoms. The van der Waals surface area contributed by atoms with Crippen molar-refractivity contribution in [2.45, 2.75) is 9.79 Å². The molecule has 0 unspecified atom stereocenters. The quantitative estimate of drug-likeness (QED) is 0.479. The van der Waals surface area contributed by atoms with Crippen LogP contribution in [0.4, 0.5) is 5.69 Å². The summed E-state index contributed by atoms with van der Waals surface area (Å²) >= 11 is 7.19. The lowest BCUT2D eigenvalue weighted by molar-refractivity contribution is -0.384. The van der Waals surface area contributed by atoms with Crippen molar-refractivity contribution in [3.05, 3.63) is 75.8 Å². The Labute approximate surface area is 142 Å². The molecule has 0 heterocycles. The topological polar surface area (TPSA) is 72.2 Å². The summed E-state index contributed by atoms with van der Waals surface area (Å²) < 4.78 is 0. The van der Waals surface area contributed by atoms with Gasteiger partial charge in [0.15, 0.2) is 0 Å². The minimum absolute atomic E-state index is 0.130. The Morgan fingerprint density at radius 2 is 2.00 bits per heavy atom. The maximum atomic E-state index is 12.2. The van der Waals surface area contributed by atoms with Crippen LogP contribution in [0.1, 0.15) is 10.4 Å². The summed E-state index contributed by atoms with van der Waals surface area (Å²) in [6, 6.07) is 11.3. The molecule has 0 saturated carbocycles. The van der Waals surface area contributed by atoms with Crippen molar-refractivity contribution in [1.29, 1.82) is 0 Å². The molecule has 1 N–H and O–H groups in total. The van der Waals surface area contributed by atoms with Crippen molar-refractivity contribution in [2.75, 3.05) is 6.54 Å². The van der Waals surface area contributed by atoms with Gasteiger partial charge < -0.3 is 5.32 Å². The normalized spacial score (nSPS) is 10.1. The molecule has 7 heteroatoms. The van der Waals surface area contributed by atoms with Gasteiger partial charge >= 0.3 is 0 Å². The van der Waals surface area contributed by atoms with E-state index < -0.39 is 4.92 Å². The number of carbonyl (C=O) groups excluding carboxylic acids is 1. The fourth-order valence-corrected chi connectivity index (χ4v) is 2.84. The highest BCUT2D eigenvalue weighted by atomic mass is 35.5. The van der Waals surface area contributed by atoms with Gasteiger partial charge in [0.25, 0.3) is 11.6 Å². The van der Waals surface area contributed by atoms with Crippen LogP contribution in [0.25, 0.3) is 0 Å². The van der Waals surface area contributed by atoms with Gasteiger partial charge in [0.1, 0.15) is 0 Å². The number of carbonyl (C=O) groups is 1. The van der Waals surface area contributed by atoms with Crippen LogP contribution in [-0.4, -0.2) is 17.4 Å². The average molecular weight is 349 g/mol. The van der Waals surface area contributed by atoms with Gasteiger partial charge in [-0.2, -0.15) is 0 Å². The molecule has 0 bridgehead atoms. The van der Waals surface area contributed by atoms with E-state index in [2.05, 4.69) is 11.9 Å². The molecule has 0 aromatic heterocycles. The zero-order chi connectivity index (χ0) is 16.8. The molecule has 5 nitrogen and oxygen atoms in total. The van der Waals surface area contributed by atoms with Gasteiger partial charge in [-0.3, -0.25) is 14.9 Å². The summed E-state index contributed by atoms with van der Waals surface area (Å²) in [5, 5.41) is 14.2. The molecule has 0 saturated heterocycles. The third kappa shape index (κ3) is 4.58. The van der Waals surface area contributed by atoms with Crippen LogP contribution in [0.3, 0.4) is 0 Å². The predicted octanol–water partition coefficient (Wildman–Crippen LogP) is 4.32. The second kappa shape index (κ2) is 7.80. The number of hydrogen-bond donors (Lipinski definition) is 1. The van der Waals surface area contributed by atoms with Gasteiger partial charge in [0.05, 0.1) is 10.5 Å². The van der Waals surface area contributed by atoms with E-state index in [9.17, 15) is 14.9 Å². The van der Waals surface area contributed by atoms with Crippen molar-refractivity contribution in [3.8, 4) is 0 Å². The smallest absolute Gasteiger partial charge is 0.270 e. The van der Waals surface area contributed by atoms with E-state index >= 15 is 0 Å². The lowest BCUT2D eigenvalue weighted by Gasteiger charge is -2.09. The van der Waals surface area contributed by atoms with E-state index in [1.165, 1.54) is 23.9 Å². The minimum Gasteiger partial charge on any atom is -0.349 e. The number of nitro groups is 1. The first-order valence-electron chi connectivity index (χ1n) is 6.62. The van der Waals surface area contributed by atoms with Crippen LogP contribution in [-0.2, 0) is 0 Å². The zero-order valence-electron chi connectivity index (χ0n) is 12.0. The number of rotatable bonds is 6. The maximum absolute atomic E-state index is 12.2. The van der Waals surface area contributed by atoms with Crippen LogP contribution < -0.4 is 5.32 Å². The van der Waals surface area contributed by atoms with E-state index in [4.69, 9.17) is 11.6 Å². The van der Waals surface area contributed by atoms with Gasteiger partial charge in [0, 0.05) is 33.5 Å². The molecule has 2 aromatic rings. The van der Waals surface area contributed by atoms with Crippen LogP contribution in [0.15, 0.2) is 64.9 Å². The number of nitro benzene ring substituents is 1. The number of amides is 1. The van der Waals surface area contributed by atoms with Gasteiger partial charge in [-0.1, -0.05) is 29.4 Å². The Morgan fingerprint density at radius 3 is 2.61 bits per heavy atom. The van der Waals surface area contributed by atoms with E-state index in [-0.39, 0.29) is 23.7 Å². The predicted molar refractivity (Wildman–Crippen MR) is 91.2 cm³/mol. The van der Waals surface area contributed by atoms with Gasteiger partial charge in [-0.15, -0.1) is 6.58 Å². The Morgan fingerprint density at radius 1 is 1.30 bits per heavy atom. The van der Waals surface area contributed by atoms with E-state index in [1.54, 1.807) is 24.3 Å². The summed E-state index contributed by atoms with van der Waals surface area (Å²) in [6.45, 7) is 3.81. The van der Waals surface area contributed by atoms with E-state index in [0.29, 0.717) is 9.92 Å². The number of benzene rings is 2. The molecule has 118 valence electrons. The van der Waals surface area contributed by atoms with Crippen LogP contribution >= 0.6 is 23.4 Å². The lowest BCUT2D eigenvalue weighted by atomic mass is 10.2. The average Bonchev–Trinajstić information content (AvgIpc) is 2.54. The third-order valence-electron chi connectivity index (χ3n) is 2.87. The first-order chi connectivity index (χ1) is 11.0. The summed E-state index contributed by atoms with van der Waals surface area (Å²) in [5.41, 5.74) is 0.121. The number of non-ortho nitro benzene ring substituents is 1. The summed E-state index contributed by atoms with van der Waals surface area (Å²) in [6.07, 6.45) is 1.54. The third-order valence-corrected chi connectivity index (χ3v) is 4.20. The van der Waals surface area contributed by atoms with Crippen molar-refractivity contribution in [3.63, 3.8) is 0 Å². The summed E-state index contributed by atoms with van der Waals surface area (Å²) in [7, 11) is 0. The Kier molecular flexibility index (Phi) is 5.78. The largest absolute Gasteiger partial charge is 0.349 e. The first-order valence-corrected chi connectivity index (χ1v) is 7.81. The van der Waals surface area contributed by atoms with Crippen LogP contribution in [0, 0.1) is 10.1 Å². The van der Waals surface area contributed by atoms with Crippen molar-refractivity contribution in [1.82, 2.24) is 5.32 Å². The van der Waals surface area contributed by atoms with Gasteiger partial charge in [0.2, 0.25) is 0 Å². The second-order valence-corrected chi connectivity index (χ2v) is 6.04. The molecular formula is C16H13ClN2O3S. The molecule has 23 heavy (non-hydrogen) atoms. The van der Waals surface area contributed by atoms with Crippen molar-refractivity contribution < 1.29 is 9.72 Å². The standard InChI is InChI=1S/C16H13ClN2O3S/c1-2-9-18-16(20)14-10-12(19(21)22)5-8-15(14)23-13-6-3-11(17)4-7-13/h2-8,10H,1,9H2,(H,18,20). The fraction of sp³-hybridized carbons (Fsp3) is 0.0625. The molecule has 0 atom stereocenters. The highest BCUT2D eigenvalue weighted by Crippen LogP contribution is 2.33. The maximum Gasteiger partial charge on any atom is 0.270 e. The van der Waals surface area contributed by atoms with Crippen molar-refractivity contribution >= 4 is 35.0 Å². The van der Waals surface area contributed by atoms with E-state index in [0.717, 1.165) is 4.90 Å². The van der Waals surface area contributed by atoms with Crippen LogP contribution in [0.5, 0.6) is 0 Å². The highest BCUT2D eigenvalue weighted by molar-refractivity contribution is 7.99. The highest BCUT2D eigenvalue weighted by Gasteiger charge is 2.17. The SMILES string of the molecule is C=CCNC(=O)c1cc([N+](=O)[O-])ccc1Sc1ccc(Cl)cc1. The summed E-state index contributed by atoms with van der Waals surface area (Å²) in [4.78, 5) is 24.1. The number of nitrogens with zero attached hydrogens (tertiary/aromatic N) is 1. The monoisotopic (exact) mass is 348 g/mol. The van der Waals surface area contributed by atoms with Crippen LogP contribution in [0.2, 0.25) is 5.02 Å². The lowest BCUT2D eigenvalue weighted by Crippen LogP contribution is -2.23. The number of hydrogen-bond acceptors (Lipinski definition) is 4. The molecule has 0 aliphatic carbocycles. The molecule has 0 aliphatic heterocycles. The molecule has 1 amide bonds. The molecule has 0 aliphatic rings. The minimum atomic E-state index is -0.527. The van der Waals surface area contributed by atoms with Gasteiger partial charge in [-0.25, -0.2) is 0 Å². The molecule has 0 fully saturated rings. The summed E-state index contributed by atoms with van der Waals surface area (Å²) in [5.74, 6) is -0.384. The zero-order valence-corrected chi connectivity index (χ0v) is 13.6.